The lowest BCUT2D eigenvalue weighted by molar-refractivity contribution is 0.0548. The summed E-state index contributed by atoms with van der Waals surface area (Å²) in [5, 5.41) is 3.05. The van der Waals surface area contributed by atoms with Crippen molar-refractivity contribution in [3.8, 4) is 5.88 Å². The molecule has 2 saturated carbocycles. The molecule has 0 bridgehead atoms. The van der Waals surface area contributed by atoms with Gasteiger partial charge in [0.2, 0.25) is 5.88 Å². The zero-order chi connectivity index (χ0) is 21.8. The highest BCUT2D eigenvalue weighted by atomic mass is 19.1. The number of amides is 1. The van der Waals surface area contributed by atoms with Crippen LogP contribution in [-0.2, 0) is 11.2 Å². The smallest absolute Gasteiger partial charge is 0.410 e. The minimum Gasteiger partial charge on any atom is -0.472 e. The van der Waals surface area contributed by atoms with Gasteiger partial charge in [-0.15, -0.1) is 0 Å². The molecule has 1 saturated heterocycles. The van der Waals surface area contributed by atoms with E-state index < -0.39 is 0 Å². The Bertz CT molecular complexity index is 1030. The van der Waals surface area contributed by atoms with Gasteiger partial charge in [-0.2, -0.15) is 0 Å². The molecule has 1 amide bonds. The van der Waals surface area contributed by atoms with Crippen LogP contribution in [0.15, 0.2) is 24.5 Å². The van der Waals surface area contributed by atoms with Crippen molar-refractivity contribution in [3.63, 3.8) is 0 Å². The van der Waals surface area contributed by atoms with E-state index in [2.05, 4.69) is 15.3 Å². The quantitative estimate of drug-likeness (QED) is 0.739. The van der Waals surface area contributed by atoms with Crippen LogP contribution in [0, 0.1) is 18.7 Å². The maximum absolute atomic E-state index is 14.4. The van der Waals surface area contributed by atoms with Crippen LogP contribution in [0.4, 0.5) is 20.7 Å². The first-order chi connectivity index (χ1) is 14.9. The third-order valence-corrected chi connectivity index (χ3v) is 6.58. The fourth-order valence-corrected chi connectivity index (χ4v) is 4.13. The number of aryl methyl sites for hydroxylation is 1. The minimum absolute atomic E-state index is 0.133. The summed E-state index contributed by atoms with van der Waals surface area (Å²) in [6.45, 7) is 6.29. The average Bonchev–Trinajstić information content (AvgIpc) is 3.65. The molecule has 3 aliphatic rings. The van der Waals surface area contributed by atoms with Gasteiger partial charge in [-0.05, 0) is 57.2 Å². The molecule has 2 heterocycles. The van der Waals surface area contributed by atoms with Crippen LogP contribution in [0.1, 0.15) is 44.2 Å². The maximum Gasteiger partial charge on any atom is 0.410 e. The standard InChI is InChI=1S/C23H27FN4O3/c1-4-14-5-6-17(16(24)9-14)27-20-13(2)21(26-12-25-20)30-19-11-28(18-10-15(18)19)22(29)31-23(3)7-8-23/h5-6,9,12,15,18-19H,4,7-8,10-11H2,1-3H3,(H,25,26,27). The molecule has 7 nitrogen and oxygen atoms in total. The van der Waals surface area contributed by atoms with E-state index >= 15 is 0 Å². The molecule has 2 aromatic rings. The van der Waals surface area contributed by atoms with E-state index in [1.807, 2.05) is 26.8 Å². The predicted molar refractivity (Wildman–Crippen MR) is 113 cm³/mol. The van der Waals surface area contributed by atoms with Gasteiger partial charge in [-0.3, -0.25) is 0 Å². The number of hydrogen-bond acceptors (Lipinski definition) is 6. The lowest BCUT2D eigenvalue weighted by Crippen LogP contribution is -2.37. The third-order valence-electron chi connectivity index (χ3n) is 6.58. The van der Waals surface area contributed by atoms with Crippen LogP contribution in [0.2, 0.25) is 0 Å². The minimum atomic E-state index is -0.324. The van der Waals surface area contributed by atoms with Crippen molar-refractivity contribution in [2.45, 2.75) is 64.2 Å². The fourth-order valence-electron chi connectivity index (χ4n) is 4.13. The summed E-state index contributed by atoms with van der Waals surface area (Å²) in [6.07, 6.45) is 4.58. The molecule has 8 heteroatoms. The molecular formula is C23H27FN4O3. The number of likely N-dealkylation sites (tertiary alicyclic amines) is 1. The summed E-state index contributed by atoms with van der Waals surface area (Å²) in [5.74, 6) is 0.916. The molecular weight excluding hydrogens is 399 g/mol. The maximum atomic E-state index is 14.4. The monoisotopic (exact) mass is 426 g/mol. The van der Waals surface area contributed by atoms with Crippen LogP contribution in [0.3, 0.4) is 0 Å². The second kappa shape index (κ2) is 7.35. The van der Waals surface area contributed by atoms with Gasteiger partial charge in [-0.1, -0.05) is 13.0 Å². The molecule has 0 radical (unpaired) electrons. The fraction of sp³-hybridized carbons (Fsp3) is 0.522. The van der Waals surface area contributed by atoms with Gasteiger partial charge in [0.05, 0.1) is 17.8 Å². The Morgan fingerprint density at radius 2 is 2.16 bits per heavy atom. The number of carbonyl (C=O) groups is 1. The van der Waals surface area contributed by atoms with Crippen molar-refractivity contribution in [3.05, 3.63) is 41.5 Å². The van der Waals surface area contributed by atoms with E-state index in [1.165, 1.54) is 12.4 Å². The lowest BCUT2D eigenvalue weighted by atomic mass is 10.1. The van der Waals surface area contributed by atoms with Crippen molar-refractivity contribution >= 4 is 17.6 Å². The predicted octanol–water partition coefficient (Wildman–Crippen LogP) is 4.37. The van der Waals surface area contributed by atoms with Crippen LogP contribution in [-0.4, -0.2) is 45.3 Å². The lowest BCUT2D eigenvalue weighted by Gasteiger charge is -2.23. The number of hydrogen-bond donors (Lipinski definition) is 1. The number of anilines is 2. The average molecular weight is 426 g/mol. The normalized spacial score (nSPS) is 25.0. The SMILES string of the molecule is CCc1ccc(Nc2ncnc(OC3CN(C(=O)OC4(C)CC4)C4CC34)c2C)c(F)c1. The summed E-state index contributed by atoms with van der Waals surface area (Å²) in [4.78, 5) is 22.8. The van der Waals surface area contributed by atoms with Crippen molar-refractivity contribution in [1.29, 1.82) is 0 Å². The van der Waals surface area contributed by atoms with Crippen LogP contribution in [0.5, 0.6) is 5.88 Å². The highest BCUT2D eigenvalue weighted by Crippen LogP contribution is 2.48. The number of fused-ring (bicyclic) bond motifs is 1. The van der Waals surface area contributed by atoms with Crippen molar-refractivity contribution < 1.29 is 18.7 Å². The van der Waals surface area contributed by atoms with Crippen molar-refractivity contribution in [2.24, 2.45) is 5.92 Å². The molecule has 1 aromatic heterocycles. The Balaban J connectivity index is 1.27. The number of rotatable bonds is 6. The highest BCUT2D eigenvalue weighted by Gasteiger charge is 2.58. The third kappa shape index (κ3) is 3.91. The second-order valence-electron chi connectivity index (χ2n) is 9.04. The number of ether oxygens (including phenoxy) is 2. The second-order valence-corrected chi connectivity index (χ2v) is 9.04. The van der Waals surface area contributed by atoms with E-state index in [9.17, 15) is 9.18 Å². The highest BCUT2D eigenvalue weighted by molar-refractivity contribution is 5.70. The molecule has 1 N–H and O–H groups in total. The van der Waals surface area contributed by atoms with Crippen LogP contribution < -0.4 is 10.1 Å². The topological polar surface area (TPSA) is 76.6 Å². The molecule has 3 atom stereocenters. The van der Waals surface area contributed by atoms with E-state index in [1.54, 1.807) is 11.0 Å². The number of piperidine rings is 1. The number of benzene rings is 1. The molecule has 0 spiro atoms. The molecule has 5 rings (SSSR count). The Morgan fingerprint density at radius 1 is 1.35 bits per heavy atom. The molecule has 1 aromatic carbocycles. The van der Waals surface area contributed by atoms with Gasteiger partial charge in [-0.25, -0.2) is 19.2 Å². The zero-order valence-corrected chi connectivity index (χ0v) is 18.0. The number of carbonyl (C=O) groups excluding carboxylic acids is 1. The van der Waals surface area contributed by atoms with E-state index in [0.717, 1.165) is 31.2 Å². The Hall–Kier alpha value is -2.90. The molecule has 164 valence electrons. The number of nitrogens with zero attached hydrogens (tertiary/aromatic N) is 3. The van der Waals surface area contributed by atoms with Crippen LogP contribution in [0.25, 0.3) is 0 Å². The van der Waals surface area contributed by atoms with Crippen LogP contribution >= 0.6 is 0 Å². The first kappa shape index (κ1) is 20.0. The number of aromatic nitrogens is 2. The summed E-state index contributed by atoms with van der Waals surface area (Å²) in [7, 11) is 0. The molecule has 31 heavy (non-hydrogen) atoms. The zero-order valence-electron chi connectivity index (χ0n) is 18.0. The van der Waals surface area contributed by atoms with Gasteiger partial charge < -0.3 is 19.7 Å². The first-order valence-electron chi connectivity index (χ1n) is 10.9. The van der Waals surface area contributed by atoms with E-state index in [0.29, 0.717) is 35.4 Å². The van der Waals surface area contributed by atoms with Crippen molar-refractivity contribution in [2.75, 3.05) is 11.9 Å². The summed E-state index contributed by atoms with van der Waals surface area (Å²) >= 11 is 0. The summed E-state index contributed by atoms with van der Waals surface area (Å²) in [5.41, 5.74) is 1.71. The van der Waals surface area contributed by atoms with E-state index in [-0.39, 0.29) is 29.7 Å². The van der Waals surface area contributed by atoms with Gasteiger partial charge in [0, 0.05) is 12.0 Å². The Morgan fingerprint density at radius 3 is 2.87 bits per heavy atom. The van der Waals surface area contributed by atoms with E-state index in [4.69, 9.17) is 9.47 Å². The number of nitrogens with one attached hydrogen (secondary N) is 1. The van der Waals surface area contributed by atoms with Gasteiger partial charge >= 0.3 is 6.09 Å². The van der Waals surface area contributed by atoms with Gasteiger partial charge in [0.15, 0.2) is 0 Å². The largest absolute Gasteiger partial charge is 0.472 e. The molecule has 3 fully saturated rings. The summed E-state index contributed by atoms with van der Waals surface area (Å²) < 4.78 is 26.2. The molecule has 3 unspecified atom stereocenters. The number of halogens is 1. The molecule has 2 aliphatic carbocycles. The van der Waals surface area contributed by atoms with Gasteiger partial charge in [0.25, 0.3) is 0 Å². The summed E-state index contributed by atoms with van der Waals surface area (Å²) in [6, 6.07) is 5.32. The van der Waals surface area contributed by atoms with Crippen molar-refractivity contribution in [1.82, 2.24) is 14.9 Å². The Labute approximate surface area is 181 Å². The van der Waals surface area contributed by atoms with Gasteiger partial charge in [0.1, 0.15) is 29.7 Å². The Kier molecular flexibility index (Phi) is 4.75. The molecule has 1 aliphatic heterocycles. The first-order valence-corrected chi connectivity index (χ1v) is 10.9.